The van der Waals surface area contributed by atoms with Crippen molar-refractivity contribution in [3.8, 4) is 0 Å². The van der Waals surface area contributed by atoms with Crippen LogP contribution in [-0.4, -0.2) is 11.3 Å². The normalized spacial score (nSPS) is 20.1. The molecule has 0 amide bonds. The minimum absolute atomic E-state index is 0.146. The molecule has 0 aromatic heterocycles. The topological polar surface area (TPSA) is 12.4 Å². The van der Waals surface area contributed by atoms with Gasteiger partial charge in [-0.3, -0.25) is 4.99 Å². The van der Waals surface area contributed by atoms with Gasteiger partial charge >= 0.3 is 0 Å². The van der Waals surface area contributed by atoms with Crippen LogP contribution in [0.4, 0.5) is 0 Å². The Morgan fingerprint density at radius 1 is 1.00 bits per heavy atom. The lowest BCUT2D eigenvalue weighted by atomic mass is 9.97. The van der Waals surface area contributed by atoms with Crippen LogP contribution >= 0.6 is 0 Å². The Balaban J connectivity index is 2.50. The Bertz CT molecular complexity index is 143. The minimum atomic E-state index is 0.146. The first-order chi connectivity index (χ1) is 5.08. The van der Waals surface area contributed by atoms with E-state index in [1.54, 1.807) is 0 Å². The Morgan fingerprint density at radius 2 is 1.55 bits per heavy atom. The van der Waals surface area contributed by atoms with Crippen molar-refractivity contribution in [1.29, 1.82) is 0 Å². The summed E-state index contributed by atoms with van der Waals surface area (Å²) in [5.74, 6) is 0. The van der Waals surface area contributed by atoms with Gasteiger partial charge in [-0.05, 0) is 46.5 Å². The van der Waals surface area contributed by atoms with Gasteiger partial charge in [-0.15, -0.1) is 0 Å². The van der Waals surface area contributed by atoms with Crippen LogP contribution in [0.15, 0.2) is 4.99 Å². The molecule has 0 aromatic carbocycles. The van der Waals surface area contributed by atoms with Crippen LogP contribution in [0, 0.1) is 0 Å². The van der Waals surface area contributed by atoms with E-state index in [9.17, 15) is 0 Å². The molecule has 1 aliphatic carbocycles. The van der Waals surface area contributed by atoms with Gasteiger partial charge in [0.05, 0.1) is 5.54 Å². The molecule has 1 saturated carbocycles. The van der Waals surface area contributed by atoms with Crippen LogP contribution < -0.4 is 0 Å². The van der Waals surface area contributed by atoms with Gasteiger partial charge in [-0.1, -0.05) is 6.42 Å². The van der Waals surface area contributed by atoms with Crippen molar-refractivity contribution < 1.29 is 0 Å². The number of hydrogen-bond acceptors (Lipinski definition) is 1. The van der Waals surface area contributed by atoms with Crippen molar-refractivity contribution in [1.82, 2.24) is 0 Å². The fourth-order valence-electron chi connectivity index (χ4n) is 1.55. The zero-order chi connectivity index (χ0) is 8.32. The summed E-state index contributed by atoms with van der Waals surface area (Å²) >= 11 is 0. The third-order valence-electron chi connectivity index (χ3n) is 1.92. The average molecular weight is 153 g/mol. The molecule has 0 unspecified atom stereocenters. The van der Waals surface area contributed by atoms with Gasteiger partial charge in [0.1, 0.15) is 0 Å². The van der Waals surface area contributed by atoms with Gasteiger partial charge in [0.15, 0.2) is 0 Å². The molecule has 0 radical (unpaired) electrons. The van der Waals surface area contributed by atoms with Crippen LogP contribution in [0.25, 0.3) is 0 Å². The van der Waals surface area contributed by atoms with E-state index in [1.165, 1.54) is 37.8 Å². The lowest BCUT2D eigenvalue weighted by Crippen LogP contribution is -2.15. The average Bonchev–Trinajstić information content (AvgIpc) is 1.85. The highest BCUT2D eigenvalue weighted by Gasteiger charge is 2.12. The lowest BCUT2D eigenvalue weighted by Gasteiger charge is -2.18. The van der Waals surface area contributed by atoms with E-state index in [0.29, 0.717) is 0 Å². The Kier molecular flexibility index (Phi) is 2.69. The molecular formula is C10H19N. The van der Waals surface area contributed by atoms with Gasteiger partial charge in [0.2, 0.25) is 0 Å². The molecule has 1 fully saturated rings. The molecule has 1 heteroatoms. The highest BCUT2D eigenvalue weighted by atomic mass is 14.8. The highest BCUT2D eigenvalue weighted by molar-refractivity contribution is 5.85. The summed E-state index contributed by atoms with van der Waals surface area (Å²) < 4.78 is 0. The highest BCUT2D eigenvalue weighted by Crippen LogP contribution is 2.18. The van der Waals surface area contributed by atoms with Crippen molar-refractivity contribution in [2.24, 2.45) is 4.99 Å². The molecule has 0 saturated heterocycles. The second kappa shape index (κ2) is 3.38. The molecule has 0 bridgehead atoms. The third kappa shape index (κ3) is 3.54. The van der Waals surface area contributed by atoms with E-state index < -0.39 is 0 Å². The van der Waals surface area contributed by atoms with E-state index in [4.69, 9.17) is 0 Å². The van der Waals surface area contributed by atoms with E-state index in [0.717, 1.165) is 0 Å². The van der Waals surface area contributed by atoms with Crippen molar-refractivity contribution in [2.75, 3.05) is 0 Å². The molecule has 0 atom stereocenters. The van der Waals surface area contributed by atoms with E-state index >= 15 is 0 Å². The van der Waals surface area contributed by atoms with Gasteiger partial charge in [-0.25, -0.2) is 0 Å². The lowest BCUT2D eigenvalue weighted by molar-refractivity contribution is 0.567. The number of aliphatic imine (C=N–C) groups is 1. The van der Waals surface area contributed by atoms with Crippen LogP contribution in [0.2, 0.25) is 0 Å². The maximum Gasteiger partial charge on any atom is 0.0523 e. The molecule has 0 N–H and O–H groups in total. The fourth-order valence-corrected chi connectivity index (χ4v) is 1.55. The first-order valence-corrected chi connectivity index (χ1v) is 4.65. The van der Waals surface area contributed by atoms with Crippen molar-refractivity contribution in [2.45, 2.75) is 58.4 Å². The van der Waals surface area contributed by atoms with Gasteiger partial charge < -0.3 is 0 Å². The number of nitrogens with zero attached hydrogens (tertiary/aromatic N) is 1. The summed E-state index contributed by atoms with van der Waals surface area (Å²) in [6, 6.07) is 0. The second-order valence-corrected chi connectivity index (χ2v) is 4.41. The van der Waals surface area contributed by atoms with Crippen molar-refractivity contribution >= 4 is 5.71 Å². The van der Waals surface area contributed by atoms with Crippen molar-refractivity contribution in [3.05, 3.63) is 0 Å². The first-order valence-electron chi connectivity index (χ1n) is 4.65. The molecule has 64 valence electrons. The number of hydrogen-bond donors (Lipinski definition) is 0. The van der Waals surface area contributed by atoms with Crippen LogP contribution in [0.1, 0.15) is 52.9 Å². The van der Waals surface area contributed by atoms with Gasteiger partial charge in [-0.2, -0.15) is 0 Å². The maximum absolute atomic E-state index is 4.69. The summed E-state index contributed by atoms with van der Waals surface area (Å²) in [4.78, 5) is 4.69. The van der Waals surface area contributed by atoms with Crippen LogP contribution in [0.3, 0.4) is 0 Å². The first kappa shape index (κ1) is 8.76. The number of rotatable bonds is 0. The largest absolute Gasteiger partial charge is 0.288 e. The third-order valence-corrected chi connectivity index (χ3v) is 1.92. The SMILES string of the molecule is CC(C)(C)N=C1CCCCC1. The van der Waals surface area contributed by atoms with E-state index in [1.807, 2.05) is 0 Å². The molecule has 1 rings (SSSR count). The Morgan fingerprint density at radius 3 is 2.00 bits per heavy atom. The van der Waals surface area contributed by atoms with Crippen molar-refractivity contribution in [3.63, 3.8) is 0 Å². The molecule has 0 spiro atoms. The smallest absolute Gasteiger partial charge is 0.0523 e. The molecule has 1 nitrogen and oxygen atoms in total. The zero-order valence-electron chi connectivity index (χ0n) is 7.98. The molecule has 0 heterocycles. The molecule has 0 aromatic rings. The van der Waals surface area contributed by atoms with E-state index in [-0.39, 0.29) is 5.54 Å². The summed E-state index contributed by atoms with van der Waals surface area (Å²) in [7, 11) is 0. The summed E-state index contributed by atoms with van der Waals surface area (Å²) in [5, 5.41) is 0. The van der Waals surface area contributed by atoms with Crippen LogP contribution in [0.5, 0.6) is 0 Å². The quantitative estimate of drug-likeness (QED) is 0.507. The predicted molar refractivity (Wildman–Crippen MR) is 50.3 cm³/mol. The van der Waals surface area contributed by atoms with Crippen LogP contribution in [-0.2, 0) is 0 Å². The molecular weight excluding hydrogens is 134 g/mol. The van der Waals surface area contributed by atoms with Gasteiger partial charge in [0, 0.05) is 5.71 Å². The Hall–Kier alpha value is -0.330. The van der Waals surface area contributed by atoms with E-state index in [2.05, 4.69) is 25.8 Å². The fraction of sp³-hybridized carbons (Fsp3) is 0.900. The maximum atomic E-state index is 4.69. The summed E-state index contributed by atoms with van der Waals surface area (Å²) in [6.45, 7) is 6.53. The second-order valence-electron chi connectivity index (χ2n) is 4.41. The summed E-state index contributed by atoms with van der Waals surface area (Å²) in [6.07, 6.45) is 6.61. The predicted octanol–water partition coefficient (Wildman–Crippen LogP) is 3.19. The minimum Gasteiger partial charge on any atom is -0.288 e. The zero-order valence-corrected chi connectivity index (χ0v) is 7.98. The molecule has 0 aliphatic heterocycles. The van der Waals surface area contributed by atoms with Gasteiger partial charge in [0.25, 0.3) is 0 Å². The monoisotopic (exact) mass is 153 g/mol. The Labute approximate surface area is 69.9 Å². The molecule has 1 aliphatic rings. The molecule has 11 heavy (non-hydrogen) atoms. The summed E-state index contributed by atoms with van der Waals surface area (Å²) in [5.41, 5.74) is 1.59. The standard InChI is InChI=1S/C10H19N/c1-10(2,3)11-9-7-5-4-6-8-9/h4-8H2,1-3H3.